The van der Waals surface area contributed by atoms with Crippen molar-refractivity contribution >= 4 is 29.7 Å². The average molecular weight is 471 g/mol. The number of alkyl carbamates (subject to hydrolysis) is 1. The number of amides is 2. The maximum absolute atomic E-state index is 12.8. The molecule has 3 rings (SSSR count). The van der Waals surface area contributed by atoms with Crippen LogP contribution in [0.15, 0.2) is 48.5 Å². The van der Waals surface area contributed by atoms with E-state index in [1.165, 1.54) is 0 Å². The Hall–Kier alpha value is -3.00. The van der Waals surface area contributed by atoms with Gasteiger partial charge in [0, 0.05) is 11.5 Å². The van der Waals surface area contributed by atoms with Gasteiger partial charge in [0.2, 0.25) is 5.91 Å². The van der Waals surface area contributed by atoms with Gasteiger partial charge in [0.25, 0.3) is 0 Å². The Morgan fingerprint density at radius 2 is 1.64 bits per heavy atom. The summed E-state index contributed by atoms with van der Waals surface area (Å²) in [6.45, 7) is 3.43. The monoisotopic (exact) mass is 470 g/mol. The van der Waals surface area contributed by atoms with Gasteiger partial charge in [-0.25, -0.2) is 4.79 Å². The maximum Gasteiger partial charge on any atom is 0.407 e. The molecule has 0 bridgehead atoms. The number of nitrogens with one attached hydrogen (secondary N) is 2. The Bertz CT molecular complexity index is 978. The Morgan fingerprint density at radius 1 is 1.06 bits per heavy atom. The fourth-order valence-corrected chi connectivity index (χ4v) is 4.60. The molecule has 3 N–H and O–H groups in total. The van der Waals surface area contributed by atoms with Crippen LogP contribution >= 0.6 is 11.8 Å². The summed E-state index contributed by atoms with van der Waals surface area (Å²) in [4.78, 5) is 36.5. The molecule has 8 heteroatoms. The van der Waals surface area contributed by atoms with Crippen molar-refractivity contribution in [2.75, 3.05) is 18.6 Å². The summed E-state index contributed by atoms with van der Waals surface area (Å²) < 4.78 is 5.56. The summed E-state index contributed by atoms with van der Waals surface area (Å²) in [7, 11) is 0. The zero-order chi connectivity index (χ0) is 24.0. The van der Waals surface area contributed by atoms with Crippen LogP contribution in [-0.4, -0.2) is 53.3 Å². The van der Waals surface area contributed by atoms with E-state index in [2.05, 4.69) is 22.8 Å². The SMILES string of the molecule is CSCCC(NC(=O)OCC1c2ccccc2-c2ccccc21)C(=O)NC(C)(C)CC(=O)O. The third kappa shape index (κ3) is 6.28. The van der Waals surface area contributed by atoms with Gasteiger partial charge in [-0.15, -0.1) is 0 Å². The lowest BCUT2D eigenvalue weighted by Gasteiger charge is -2.27. The van der Waals surface area contributed by atoms with Crippen LogP contribution < -0.4 is 10.6 Å². The van der Waals surface area contributed by atoms with Gasteiger partial charge in [0.05, 0.1) is 6.42 Å². The van der Waals surface area contributed by atoms with Gasteiger partial charge in [0.15, 0.2) is 0 Å². The second-order valence-electron chi connectivity index (χ2n) is 8.75. The molecule has 0 aliphatic heterocycles. The maximum atomic E-state index is 12.8. The molecule has 33 heavy (non-hydrogen) atoms. The van der Waals surface area contributed by atoms with E-state index in [9.17, 15) is 14.4 Å². The number of carbonyl (C=O) groups excluding carboxylic acids is 2. The first kappa shape index (κ1) is 24.6. The first-order valence-electron chi connectivity index (χ1n) is 10.9. The quantitative estimate of drug-likeness (QED) is 0.485. The zero-order valence-electron chi connectivity index (χ0n) is 19.1. The van der Waals surface area contributed by atoms with E-state index in [1.807, 2.05) is 42.7 Å². The van der Waals surface area contributed by atoms with Crippen molar-refractivity contribution < 1.29 is 24.2 Å². The van der Waals surface area contributed by atoms with Crippen molar-refractivity contribution in [2.45, 2.75) is 44.2 Å². The summed E-state index contributed by atoms with van der Waals surface area (Å²) >= 11 is 1.56. The predicted molar refractivity (Wildman–Crippen MR) is 129 cm³/mol. The molecule has 0 heterocycles. The van der Waals surface area contributed by atoms with Gasteiger partial charge in [-0.1, -0.05) is 48.5 Å². The number of aliphatic carboxylic acids is 1. The second-order valence-corrected chi connectivity index (χ2v) is 9.73. The van der Waals surface area contributed by atoms with E-state index in [4.69, 9.17) is 9.84 Å². The number of benzene rings is 2. The minimum Gasteiger partial charge on any atom is -0.481 e. The molecular formula is C25H30N2O5S. The van der Waals surface area contributed by atoms with Crippen LogP contribution in [-0.2, 0) is 14.3 Å². The lowest BCUT2D eigenvalue weighted by atomic mass is 9.98. The molecule has 2 aromatic carbocycles. The minimum atomic E-state index is -1.01. The van der Waals surface area contributed by atoms with Crippen LogP contribution in [0.4, 0.5) is 4.79 Å². The van der Waals surface area contributed by atoms with E-state index in [0.717, 1.165) is 22.3 Å². The lowest BCUT2D eigenvalue weighted by Crippen LogP contribution is -2.54. The predicted octanol–water partition coefficient (Wildman–Crippen LogP) is 4.02. The summed E-state index contributed by atoms with van der Waals surface area (Å²) in [5, 5.41) is 14.4. The molecule has 1 aliphatic rings. The van der Waals surface area contributed by atoms with Gasteiger partial charge >= 0.3 is 12.1 Å². The number of rotatable bonds is 10. The molecular weight excluding hydrogens is 440 g/mol. The van der Waals surface area contributed by atoms with Crippen molar-refractivity contribution in [3.05, 3.63) is 59.7 Å². The van der Waals surface area contributed by atoms with E-state index < -0.39 is 29.6 Å². The average Bonchev–Trinajstić information content (AvgIpc) is 3.07. The third-order valence-corrected chi connectivity index (χ3v) is 6.26. The molecule has 1 aliphatic carbocycles. The molecule has 2 aromatic rings. The number of carbonyl (C=O) groups is 3. The lowest BCUT2D eigenvalue weighted by molar-refractivity contribution is -0.138. The van der Waals surface area contributed by atoms with Crippen LogP contribution in [0.3, 0.4) is 0 Å². The minimum absolute atomic E-state index is 0.0730. The van der Waals surface area contributed by atoms with Crippen LogP contribution in [0.1, 0.15) is 43.7 Å². The highest BCUT2D eigenvalue weighted by molar-refractivity contribution is 7.98. The number of fused-ring (bicyclic) bond motifs is 3. The first-order valence-corrected chi connectivity index (χ1v) is 12.3. The van der Waals surface area contributed by atoms with E-state index in [1.54, 1.807) is 25.6 Å². The van der Waals surface area contributed by atoms with E-state index in [0.29, 0.717) is 12.2 Å². The van der Waals surface area contributed by atoms with Gasteiger partial charge in [0.1, 0.15) is 12.6 Å². The number of hydrogen-bond acceptors (Lipinski definition) is 5. The molecule has 1 atom stereocenters. The largest absolute Gasteiger partial charge is 0.481 e. The Balaban J connectivity index is 1.65. The topological polar surface area (TPSA) is 105 Å². The number of carboxylic acid groups (broad SMARTS) is 1. The molecule has 1 unspecified atom stereocenters. The Labute approximate surface area is 198 Å². The first-order chi connectivity index (χ1) is 15.7. The summed E-state index contributed by atoms with van der Waals surface area (Å²) in [6.07, 6.45) is 1.42. The van der Waals surface area contributed by atoms with Crippen molar-refractivity contribution in [1.29, 1.82) is 0 Å². The van der Waals surface area contributed by atoms with Gasteiger partial charge in [-0.3, -0.25) is 9.59 Å². The molecule has 0 radical (unpaired) electrons. The highest BCUT2D eigenvalue weighted by atomic mass is 32.2. The van der Waals surface area contributed by atoms with Gasteiger partial charge in [-0.05, 0) is 54.5 Å². The zero-order valence-corrected chi connectivity index (χ0v) is 19.9. The van der Waals surface area contributed by atoms with Crippen LogP contribution in [0.25, 0.3) is 11.1 Å². The summed E-state index contributed by atoms with van der Waals surface area (Å²) in [5.41, 5.74) is 3.56. The highest BCUT2D eigenvalue weighted by Crippen LogP contribution is 2.44. The van der Waals surface area contributed by atoms with Crippen LogP contribution in [0, 0.1) is 0 Å². The fraction of sp³-hybridized carbons (Fsp3) is 0.400. The van der Waals surface area contributed by atoms with E-state index in [-0.39, 0.29) is 18.9 Å². The number of carboxylic acids is 1. The highest BCUT2D eigenvalue weighted by Gasteiger charge is 2.31. The molecule has 0 aromatic heterocycles. The summed E-state index contributed by atoms with van der Waals surface area (Å²) in [5.74, 6) is -0.855. The van der Waals surface area contributed by atoms with Crippen LogP contribution in [0.2, 0.25) is 0 Å². The fourth-order valence-electron chi connectivity index (χ4n) is 4.13. The van der Waals surface area contributed by atoms with Crippen molar-refractivity contribution in [2.24, 2.45) is 0 Å². The van der Waals surface area contributed by atoms with Crippen LogP contribution in [0.5, 0.6) is 0 Å². The molecule has 0 spiro atoms. The molecule has 2 amide bonds. The van der Waals surface area contributed by atoms with Gasteiger partial charge < -0.3 is 20.5 Å². The van der Waals surface area contributed by atoms with Gasteiger partial charge in [-0.2, -0.15) is 11.8 Å². The Morgan fingerprint density at radius 3 is 2.18 bits per heavy atom. The van der Waals surface area contributed by atoms with Crippen molar-refractivity contribution in [3.8, 4) is 11.1 Å². The number of hydrogen-bond donors (Lipinski definition) is 3. The summed E-state index contributed by atoms with van der Waals surface area (Å²) in [6, 6.07) is 15.3. The second kappa shape index (κ2) is 10.7. The van der Waals surface area contributed by atoms with Crippen molar-refractivity contribution in [3.63, 3.8) is 0 Å². The number of thioether (sulfide) groups is 1. The molecule has 176 valence electrons. The third-order valence-electron chi connectivity index (χ3n) is 5.62. The standard InChI is InChI=1S/C25H30N2O5S/c1-25(2,14-22(28)29)27-23(30)21(12-13-33-3)26-24(31)32-15-20-18-10-6-4-8-16(18)17-9-5-7-11-19(17)20/h4-11,20-21H,12-15H2,1-3H3,(H,26,31)(H,27,30)(H,28,29). The smallest absolute Gasteiger partial charge is 0.407 e. The van der Waals surface area contributed by atoms with Crippen molar-refractivity contribution in [1.82, 2.24) is 10.6 Å². The molecule has 0 saturated carbocycles. The molecule has 0 fully saturated rings. The molecule has 0 saturated heterocycles. The van der Waals surface area contributed by atoms with E-state index >= 15 is 0 Å². The Kier molecular flexibility index (Phi) is 8.02. The number of ether oxygens (including phenoxy) is 1. The molecule has 7 nitrogen and oxygen atoms in total. The normalized spacial score (nSPS) is 13.5.